The number of ether oxygens (including phenoxy) is 2. The zero-order chi connectivity index (χ0) is 10.7. The lowest BCUT2D eigenvalue weighted by Crippen LogP contribution is -2.39. The van der Waals surface area contributed by atoms with E-state index in [9.17, 15) is 14.0 Å². The molecule has 14 heavy (non-hydrogen) atoms. The van der Waals surface area contributed by atoms with Crippen molar-refractivity contribution in [3.05, 3.63) is 12.1 Å². The summed E-state index contributed by atoms with van der Waals surface area (Å²) in [6.45, 7) is 2.77. The monoisotopic (exact) mass is 202 g/mol. The summed E-state index contributed by atoms with van der Waals surface area (Å²) in [7, 11) is 0. The van der Waals surface area contributed by atoms with E-state index in [0.29, 0.717) is 6.29 Å². The Kier molecular flexibility index (Phi) is 3.22. The van der Waals surface area contributed by atoms with Crippen LogP contribution in [0.25, 0.3) is 0 Å². The van der Waals surface area contributed by atoms with Gasteiger partial charge >= 0.3 is 5.97 Å². The van der Waals surface area contributed by atoms with Gasteiger partial charge in [0.15, 0.2) is 11.9 Å². The van der Waals surface area contributed by atoms with Gasteiger partial charge in [-0.1, -0.05) is 0 Å². The largest absolute Gasteiger partial charge is 0.495 e. The minimum atomic E-state index is -1.14. The zero-order valence-electron chi connectivity index (χ0n) is 7.90. The smallest absolute Gasteiger partial charge is 0.303 e. The fraction of sp³-hybridized carbons (Fsp3) is 0.556. The van der Waals surface area contributed by atoms with E-state index in [2.05, 4.69) is 4.74 Å². The number of halogens is 1. The first-order valence-corrected chi connectivity index (χ1v) is 4.19. The Bertz CT molecular complexity index is 274. The second kappa shape index (κ2) is 4.21. The molecule has 5 heteroatoms. The Hall–Kier alpha value is -1.39. The van der Waals surface area contributed by atoms with Crippen molar-refractivity contribution >= 4 is 12.3 Å². The Balaban J connectivity index is 2.84. The second-order valence-corrected chi connectivity index (χ2v) is 3.09. The molecule has 0 N–H and O–H groups in total. The molecule has 3 atom stereocenters. The SMILES string of the molecule is CC(=O)O[C@H]1C(F)=CO[C@@H](C)[C@H]1C=O. The number of esters is 1. The van der Waals surface area contributed by atoms with Gasteiger partial charge < -0.3 is 14.3 Å². The molecule has 0 aliphatic carbocycles. The minimum Gasteiger partial charge on any atom is -0.495 e. The van der Waals surface area contributed by atoms with Gasteiger partial charge in [0, 0.05) is 6.92 Å². The molecule has 0 bridgehead atoms. The number of rotatable bonds is 2. The summed E-state index contributed by atoms with van der Waals surface area (Å²) in [5, 5.41) is 0. The average molecular weight is 202 g/mol. The average Bonchev–Trinajstić information content (AvgIpc) is 2.11. The predicted octanol–water partition coefficient (Wildman–Crippen LogP) is 0.963. The third-order valence-electron chi connectivity index (χ3n) is 2.01. The normalized spacial score (nSPS) is 31.4. The molecule has 0 amide bonds. The lowest BCUT2D eigenvalue weighted by atomic mass is 9.96. The highest BCUT2D eigenvalue weighted by Gasteiger charge is 2.37. The molecule has 4 nitrogen and oxygen atoms in total. The predicted molar refractivity (Wildman–Crippen MR) is 44.8 cm³/mol. The molecule has 0 spiro atoms. The van der Waals surface area contributed by atoms with E-state index < -0.39 is 29.9 Å². The molecule has 1 aliphatic heterocycles. The van der Waals surface area contributed by atoms with E-state index in [1.165, 1.54) is 0 Å². The van der Waals surface area contributed by atoms with Gasteiger partial charge in [-0.3, -0.25) is 4.79 Å². The summed E-state index contributed by atoms with van der Waals surface area (Å²) >= 11 is 0. The molecular formula is C9H11FO4. The van der Waals surface area contributed by atoms with Crippen LogP contribution in [0.15, 0.2) is 12.1 Å². The van der Waals surface area contributed by atoms with Crippen molar-refractivity contribution in [2.45, 2.75) is 26.1 Å². The summed E-state index contributed by atoms with van der Waals surface area (Å²) in [5.41, 5.74) is 0. The summed E-state index contributed by atoms with van der Waals surface area (Å²) in [4.78, 5) is 21.3. The first-order chi connectivity index (χ1) is 6.56. The number of carbonyl (C=O) groups is 2. The lowest BCUT2D eigenvalue weighted by Gasteiger charge is -2.29. The third-order valence-corrected chi connectivity index (χ3v) is 2.01. The number of hydrogen-bond donors (Lipinski definition) is 0. The van der Waals surface area contributed by atoms with Gasteiger partial charge in [-0.2, -0.15) is 0 Å². The maximum atomic E-state index is 13.1. The topological polar surface area (TPSA) is 52.6 Å². The molecule has 0 aromatic carbocycles. The van der Waals surface area contributed by atoms with E-state index in [1.54, 1.807) is 6.92 Å². The van der Waals surface area contributed by atoms with E-state index >= 15 is 0 Å². The van der Waals surface area contributed by atoms with Crippen LogP contribution >= 0.6 is 0 Å². The molecule has 1 rings (SSSR count). The van der Waals surface area contributed by atoms with Crippen LogP contribution in [0.5, 0.6) is 0 Å². The summed E-state index contributed by atoms with van der Waals surface area (Å²) in [5.74, 6) is -2.15. The lowest BCUT2D eigenvalue weighted by molar-refractivity contribution is -0.152. The van der Waals surface area contributed by atoms with E-state index in [0.717, 1.165) is 13.2 Å². The fourth-order valence-corrected chi connectivity index (χ4v) is 1.26. The van der Waals surface area contributed by atoms with Gasteiger partial charge in [-0.15, -0.1) is 0 Å². The Morgan fingerprint density at radius 3 is 2.86 bits per heavy atom. The summed E-state index contributed by atoms with van der Waals surface area (Å²) in [6.07, 6.45) is -0.228. The fourth-order valence-electron chi connectivity index (χ4n) is 1.26. The first kappa shape index (κ1) is 10.7. The molecule has 0 unspecified atom stereocenters. The van der Waals surface area contributed by atoms with Crippen LogP contribution in [0.4, 0.5) is 4.39 Å². The van der Waals surface area contributed by atoms with Crippen LogP contribution < -0.4 is 0 Å². The maximum absolute atomic E-state index is 13.1. The Morgan fingerprint density at radius 2 is 2.36 bits per heavy atom. The van der Waals surface area contributed by atoms with Crippen LogP contribution in [0.2, 0.25) is 0 Å². The number of hydrogen-bond acceptors (Lipinski definition) is 4. The molecular weight excluding hydrogens is 191 g/mol. The number of aldehydes is 1. The van der Waals surface area contributed by atoms with Gasteiger partial charge in [0.25, 0.3) is 0 Å². The van der Waals surface area contributed by atoms with Gasteiger partial charge in [-0.05, 0) is 6.92 Å². The van der Waals surface area contributed by atoms with Crippen molar-refractivity contribution in [1.82, 2.24) is 0 Å². The molecule has 0 radical (unpaired) electrons. The highest BCUT2D eigenvalue weighted by Crippen LogP contribution is 2.26. The van der Waals surface area contributed by atoms with Crippen molar-refractivity contribution in [2.24, 2.45) is 5.92 Å². The standard InChI is InChI=1S/C9H11FO4/c1-5-7(3-11)9(14-6(2)12)8(10)4-13-5/h3-5,7,9H,1-2H3/t5-,7+,9+/m0/s1. The molecule has 1 aliphatic rings. The van der Waals surface area contributed by atoms with E-state index in [-0.39, 0.29) is 0 Å². The molecule has 0 aromatic heterocycles. The van der Waals surface area contributed by atoms with E-state index in [4.69, 9.17) is 4.74 Å². The quantitative estimate of drug-likeness (QED) is 0.494. The molecule has 0 saturated carbocycles. The molecule has 0 aromatic rings. The van der Waals surface area contributed by atoms with Crippen LogP contribution in [0.1, 0.15) is 13.8 Å². The van der Waals surface area contributed by atoms with Crippen LogP contribution in [0.3, 0.4) is 0 Å². The first-order valence-electron chi connectivity index (χ1n) is 4.19. The molecule has 1 heterocycles. The summed E-state index contributed by atoms with van der Waals surface area (Å²) < 4.78 is 22.6. The van der Waals surface area contributed by atoms with Crippen LogP contribution in [-0.2, 0) is 19.1 Å². The van der Waals surface area contributed by atoms with Crippen LogP contribution in [-0.4, -0.2) is 24.5 Å². The zero-order valence-corrected chi connectivity index (χ0v) is 7.90. The van der Waals surface area contributed by atoms with Crippen molar-refractivity contribution in [2.75, 3.05) is 0 Å². The number of carbonyl (C=O) groups excluding carboxylic acids is 2. The highest BCUT2D eigenvalue weighted by atomic mass is 19.1. The Labute approximate surface area is 80.7 Å². The van der Waals surface area contributed by atoms with Gasteiger partial charge in [0.1, 0.15) is 18.7 Å². The molecule has 0 fully saturated rings. The summed E-state index contributed by atoms with van der Waals surface area (Å²) in [6, 6.07) is 0. The highest BCUT2D eigenvalue weighted by molar-refractivity contribution is 5.67. The van der Waals surface area contributed by atoms with Crippen molar-refractivity contribution in [3.63, 3.8) is 0 Å². The van der Waals surface area contributed by atoms with Crippen molar-refractivity contribution in [3.8, 4) is 0 Å². The second-order valence-electron chi connectivity index (χ2n) is 3.09. The minimum absolute atomic E-state index is 0.489. The van der Waals surface area contributed by atoms with Gasteiger partial charge in [0.2, 0.25) is 0 Å². The maximum Gasteiger partial charge on any atom is 0.303 e. The van der Waals surface area contributed by atoms with Gasteiger partial charge in [0.05, 0.1) is 5.92 Å². The molecule has 78 valence electrons. The molecule has 0 saturated heterocycles. The van der Waals surface area contributed by atoms with Crippen molar-refractivity contribution < 1.29 is 23.5 Å². The van der Waals surface area contributed by atoms with Crippen molar-refractivity contribution in [1.29, 1.82) is 0 Å². The van der Waals surface area contributed by atoms with Crippen LogP contribution in [0, 0.1) is 5.92 Å². The van der Waals surface area contributed by atoms with Gasteiger partial charge in [-0.25, -0.2) is 4.39 Å². The van der Waals surface area contributed by atoms with E-state index in [1.807, 2.05) is 0 Å². The Morgan fingerprint density at radius 1 is 1.71 bits per heavy atom. The third kappa shape index (κ3) is 2.10.